The molecule has 8 fully saturated rings. The Hall–Kier alpha value is -5.02. The normalized spacial score (nSPS) is 22.8. The predicted octanol–water partition coefficient (Wildman–Crippen LogP) is 29.8. The molecule has 0 amide bonds. The molecule has 0 saturated heterocycles. The van der Waals surface area contributed by atoms with Crippen molar-refractivity contribution in [1.82, 2.24) is 9.97 Å². The fourth-order valence-corrected chi connectivity index (χ4v) is 29.5. The maximum absolute atomic E-state index is 14.6. The summed E-state index contributed by atoms with van der Waals surface area (Å²) in [5, 5.41) is 22.6. The van der Waals surface area contributed by atoms with Gasteiger partial charge in [0, 0.05) is 22.3 Å². The van der Waals surface area contributed by atoms with E-state index in [-0.39, 0.29) is 68.2 Å². The van der Waals surface area contributed by atoms with E-state index in [0.717, 1.165) is 176 Å². The zero-order chi connectivity index (χ0) is 88.6. The SMILES string of the molecule is CC(C)(C)[Si](C)(C)Oc1c(Br)cc2c(c1-c1c(O)c(Br)cc3c1CCCC3)CCCC2.CC(C)([CH]=[Mo]=[N]C12CC3CC(CC(C3)C1)C2)c1ccccc1.CC(C)([CH]=[Mo]=[N]C12CC3CC(CC(C3)C1)C2)c1ccccc1.Cc1cc2c(c(-c3c4c(cc(C(F)(F)F)c3O[Si](C)(C)C(C)(C)C)CCCC4)c1O)CCCC2.Cc1ccc(C)[n-]1.Cc1ccc(C)[n-]1. The Bertz CT molecular complexity index is 4950. The van der Waals surface area contributed by atoms with Crippen LogP contribution in [0.5, 0.6) is 23.0 Å². The number of nitrogens with zero attached hydrogens (tertiary/aromatic N) is 4. The molecule has 123 heavy (non-hydrogen) atoms. The summed E-state index contributed by atoms with van der Waals surface area (Å²) in [5.74, 6) is 7.46. The number of phenols is 2. The van der Waals surface area contributed by atoms with Crippen LogP contribution in [0.3, 0.4) is 0 Å². The first kappa shape index (κ1) is 95.6. The number of benzene rings is 6. The second-order valence-corrected chi connectivity index (χ2v) is 57.1. The zero-order valence-electron chi connectivity index (χ0n) is 77.5. The van der Waals surface area contributed by atoms with Crippen molar-refractivity contribution in [2.45, 2.75) is 348 Å². The van der Waals surface area contributed by atoms with Gasteiger partial charge in [-0.25, -0.2) is 0 Å². The molecule has 0 atom stereocenters. The topological polar surface area (TPSA) is 112 Å². The number of aryl methyl sites for hydroxylation is 9. The Kier molecular flexibility index (Phi) is 30.3. The molecule has 0 unspecified atom stereocenters. The molecule has 2 N–H and O–H groups in total. The average Bonchev–Trinajstić information content (AvgIpc) is 0.816. The third-order valence-electron chi connectivity index (χ3n) is 29.8. The summed E-state index contributed by atoms with van der Waals surface area (Å²) >= 11 is 6.84. The molecule has 2 aromatic heterocycles. The molecule has 0 radical (unpaired) electrons. The molecule has 666 valence electrons. The molecule has 17 heteroatoms. The third-order valence-corrected chi connectivity index (χ3v) is 45.4. The molecule has 8 saturated carbocycles. The van der Waals surface area contributed by atoms with E-state index in [0.29, 0.717) is 40.8 Å². The number of alkyl halides is 3. The molecule has 12 aliphatic rings. The van der Waals surface area contributed by atoms with Gasteiger partial charge in [-0.2, -0.15) is 35.9 Å². The van der Waals surface area contributed by atoms with Crippen LogP contribution in [-0.2, 0) is 104 Å². The van der Waals surface area contributed by atoms with Crippen molar-refractivity contribution in [2.75, 3.05) is 0 Å². The van der Waals surface area contributed by atoms with E-state index in [1.165, 1.54) is 142 Å². The van der Waals surface area contributed by atoms with E-state index >= 15 is 0 Å². The van der Waals surface area contributed by atoms with Crippen LogP contribution >= 0.6 is 31.9 Å². The fraction of sp³-hybridized carbons (Fsp3) is 0.566. The van der Waals surface area contributed by atoms with Gasteiger partial charge in [-0.3, -0.25) is 0 Å². The van der Waals surface area contributed by atoms with Crippen molar-refractivity contribution in [2.24, 2.45) is 42.5 Å². The molecule has 8 aromatic rings. The summed E-state index contributed by atoms with van der Waals surface area (Å²) in [5.41, 5.74) is 21.1. The van der Waals surface area contributed by atoms with Crippen LogP contribution < -0.4 is 18.8 Å². The number of aromatic nitrogens is 2. The quantitative estimate of drug-likeness (QED) is 0.118. The molecule has 2 heterocycles. The fourth-order valence-electron chi connectivity index (χ4n) is 21.9. The van der Waals surface area contributed by atoms with E-state index in [2.05, 4.69) is 185 Å². The molecule has 8 bridgehead atoms. The van der Waals surface area contributed by atoms with Crippen molar-refractivity contribution in [3.8, 4) is 45.3 Å². The number of fused-ring (bicyclic) bond motifs is 4. The van der Waals surface area contributed by atoms with Gasteiger partial charge in [0.05, 0.1) is 14.5 Å². The molecule has 0 spiro atoms. The minimum Gasteiger partial charge on any atom is -0.665 e. The Balaban J connectivity index is 0.000000135. The number of hydrogen-bond donors (Lipinski definition) is 2. The molecule has 8 nitrogen and oxygen atoms in total. The summed E-state index contributed by atoms with van der Waals surface area (Å²) in [6, 6.07) is 37.7. The van der Waals surface area contributed by atoms with Crippen LogP contribution in [0.1, 0.15) is 287 Å². The number of aromatic hydroxyl groups is 2. The van der Waals surface area contributed by atoms with Crippen LogP contribution in [0, 0.1) is 70.1 Å². The first-order valence-electron chi connectivity index (χ1n) is 46.5. The molecule has 0 aliphatic heterocycles. The smallest absolute Gasteiger partial charge is 0.419 e. The number of phenolic OH excluding ortho intramolecular Hbond substituents is 2. The summed E-state index contributed by atoms with van der Waals surface area (Å²) in [6.07, 6.45) is 29.0. The summed E-state index contributed by atoms with van der Waals surface area (Å²) in [4.78, 5) is 8.22. The minimum absolute atomic E-state index is 0.0617. The Labute approximate surface area is 772 Å². The summed E-state index contributed by atoms with van der Waals surface area (Å²) in [6.45, 7) is 40.8. The maximum Gasteiger partial charge on any atom is 0.419 e. The van der Waals surface area contributed by atoms with Crippen molar-refractivity contribution < 1.29 is 68.1 Å². The summed E-state index contributed by atoms with van der Waals surface area (Å²) in [7, 11) is -4.69. The molecule has 6 aromatic carbocycles. The van der Waals surface area contributed by atoms with Crippen molar-refractivity contribution in [3.63, 3.8) is 0 Å². The van der Waals surface area contributed by atoms with Gasteiger partial charge >= 0.3 is 292 Å². The van der Waals surface area contributed by atoms with Crippen molar-refractivity contribution >= 4 is 57.3 Å². The van der Waals surface area contributed by atoms with Crippen LogP contribution in [0.4, 0.5) is 13.2 Å². The molecular formula is C106H141Br2F3Mo2N4O4Si2-2. The number of hydrogen-bond acceptors (Lipinski definition) is 6. The van der Waals surface area contributed by atoms with Gasteiger partial charge < -0.3 is 29.0 Å². The predicted molar refractivity (Wildman–Crippen MR) is 511 cm³/mol. The van der Waals surface area contributed by atoms with E-state index in [1.54, 1.807) is 0 Å². The second-order valence-electron chi connectivity index (χ2n) is 42.8. The van der Waals surface area contributed by atoms with E-state index in [4.69, 9.17) is 15.8 Å². The van der Waals surface area contributed by atoms with Gasteiger partial charge in [-0.05, 0) is 246 Å². The largest absolute Gasteiger partial charge is 0.665 e. The first-order chi connectivity index (χ1) is 57.9. The number of halogens is 5. The van der Waals surface area contributed by atoms with E-state index in [9.17, 15) is 23.4 Å². The number of rotatable bonds is 12. The van der Waals surface area contributed by atoms with Gasteiger partial charge in [0.2, 0.25) is 0 Å². The molecular weight excluding hydrogens is 1860 g/mol. The average molecular weight is 2000 g/mol. The Morgan fingerprint density at radius 2 is 0.707 bits per heavy atom. The Morgan fingerprint density at radius 3 is 1.04 bits per heavy atom. The van der Waals surface area contributed by atoms with Gasteiger partial charge in [0.15, 0.2) is 0 Å². The monoisotopic (exact) mass is 2000 g/mol. The molecule has 20 rings (SSSR count). The van der Waals surface area contributed by atoms with Gasteiger partial charge in [-0.15, -0.1) is 0 Å². The second kappa shape index (κ2) is 39.0. The van der Waals surface area contributed by atoms with Crippen LogP contribution in [-0.4, -0.2) is 46.7 Å². The van der Waals surface area contributed by atoms with Gasteiger partial charge in [0.25, 0.3) is 16.6 Å². The van der Waals surface area contributed by atoms with E-state index in [1.807, 2.05) is 98.8 Å². The van der Waals surface area contributed by atoms with Crippen LogP contribution in [0.15, 0.2) is 125 Å². The maximum atomic E-state index is 14.6. The van der Waals surface area contributed by atoms with Crippen LogP contribution in [0.25, 0.3) is 22.3 Å². The van der Waals surface area contributed by atoms with Gasteiger partial charge in [0.1, 0.15) is 23.0 Å². The zero-order valence-corrected chi connectivity index (χ0v) is 86.7. The van der Waals surface area contributed by atoms with Crippen molar-refractivity contribution in [3.05, 3.63) is 208 Å². The molecule has 12 aliphatic carbocycles. The standard InChI is InChI=1S/C28H37F3O2Si.C26H34Br2O2Si.2C10H15N.2C10H12.2C6H8N.2Mo/c1-17-15-18-11-7-9-13-20(18)23(25(17)32)24-21-14-10-8-12-19(21)16-22(28(29,30)31)26(24)33-34(5,6)27(2,3)4;1-26(2,3)31(4,5)30-25-21(28)15-17-11-7-9-13-19(17)23(25)22-18-12-8-6-10-16(18)14-20(27)24(22)29;2*11-10-4-7-1-8(5-10)3-9(2-7)6-10;2*1-10(2,3)9-7-5-4-6-8-9;2*1-5-3-4-6(2)7-5;;/h15-16,32H,7-14H2,1-6H3;14-15,29H,6-13H2,1-5H3;2*7-9H,1-6H2;2*1,4-8H,2-3H3;2*3-4H,1-2H3;;/q;;;;;;2*-1;;. The first-order valence-corrected chi connectivity index (χ1v) is 58.0. The van der Waals surface area contributed by atoms with Crippen molar-refractivity contribution in [1.29, 1.82) is 0 Å². The third kappa shape index (κ3) is 22.7. The Morgan fingerprint density at radius 1 is 0.407 bits per heavy atom. The summed E-state index contributed by atoms with van der Waals surface area (Å²) < 4.78 is 75.0. The van der Waals surface area contributed by atoms with Crippen LogP contribution in [0.2, 0.25) is 36.3 Å². The van der Waals surface area contributed by atoms with Gasteiger partial charge in [-0.1, -0.05) is 99.6 Å². The minimum atomic E-state index is -4.54. The van der Waals surface area contributed by atoms with E-state index < -0.39 is 28.4 Å².